The van der Waals surface area contributed by atoms with Gasteiger partial charge in [0, 0.05) is 12.0 Å². The number of carbonyl (C=O) groups is 1. The van der Waals surface area contributed by atoms with E-state index >= 15 is 0 Å². The first kappa shape index (κ1) is 13.4. The molecule has 6 nitrogen and oxygen atoms in total. The number of ether oxygens (including phenoxy) is 1. The number of hydrogen-bond donors (Lipinski definition) is 3. The lowest BCUT2D eigenvalue weighted by Crippen LogP contribution is -2.17. The Morgan fingerprint density at radius 1 is 1.48 bits per heavy atom. The molecule has 3 rings (SSSR count). The second-order valence-corrected chi connectivity index (χ2v) is 5.05. The number of nitrogens with one attached hydrogen (secondary N) is 1. The van der Waals surface area contributed by atoms with Crippen LogP contribution in [0.2, 0.25) is 0 Å². The number of nitrogens with two attached hydrogens (primary N) is 2. The Morgan fingerprint density at radius 2 is 2.29 bits per heavy atom. The van der Waals surface area contributed by atoms with Gasteiger partial charge in [0.25, 0.3) is 5.91 Å². The van der Waals surface area contributed by atoms with E-state index in [0.29, 0.717) is 30.9 Å². The van der Waals surface area contributed by atoms with Gasteiger partial charge in [-0.05, 0) is 24.5 Å². The zero-order valence-corrected chi connectivity index (χ0v) is 11.2. The first-order valence-corrected chi connectivity index (χ1v) is 6.61. The lowest BCUT2D eigenvalue weighted by molar-refractivity contribution is 0.0999. The number of H-pyrrole nitrogens is 1. The Bertz CT molecular complexity index is 698. The highest BCUT2D eigenvalue weighted by molar-refractivity contribution is 5.98. The van der Waals surface area contributed by atoms with Crippen molar-refractivity contribution in [2.24, 2.45) is 5.73 Å². The van der Waals surface area contributed by atoms with Gasteiger partial charge in [-0.2, -0.15) is 5.10 Å². The predicted octanol–water partition coefficient (Wildman–Crippen LogP) is 1.34. The van der Waals surface area contributed by atoms with Gasteiger partial charge in [-0.3, -0.25) is 9.89 Å². The molecule has 1 aliphatic rings. The SMILES string of the molecule is NC(=O)c1c(C2CCOc3cc(F)ccc3C2)n[nH]c1N. The van der Waals surface area contributed by atoms with Crippen LogP contribution in [0, 0.1) is 5.82 Å². The monoisotopic (exact) mass is 290 g/mol. The molecule has 1 aromatic carbocycles. The van der Waals surface area contributed by atoms with Gasteiger partial charge >= 0.3 is 0 Å². The molecule has 0 aliphatic carbocycles. The van der Waals surface area contributed by atoms with Crippen molar-refractivity contribution >= 4 is 11.7 Å². The highest BCUT2D eigenvalue weighted by atomic mass is 19.1. The fourth-order valence-electron chi connectivity index (χ4n) is 2.67. The zero-order valence-electron chi connectivity index (χ0n) is 11.2. The number of halogens is 1. The number of benzene rings is 1. The highest BCUT2D eigenvalue weighted by Gasteiger charge is 2.27. The normalized spacial score (nSPS) is 17.7. The van der Waals surface area contributed by atoms with E-state index in [2.05, 4.69) is 10.2 Å². The largest absolute Gasteiger partial charge is 0.493 e. The van der Waals surface area contributed by atoms with E-state index in [9.17, 15) is 9.18 Å². The number of carbonyl (C=O) groups excluding carboxylic acids is 1. The number of aromatic amines is 1. The van der Waals surface area contributed by atoms with Crippen LogP contribution < -0.4 is 16.2 Å². The van der Waals surface area contributed by atoms with E-state index in [4.69, 9.17) is 16.2 Å². The van der Waals surface area contributed by atoms with Crippen molar-refractivity contribution in [1.29, 1.82) is 0 Å². The van der Waals surface area contributed by atoms with E-state index in [1.54, 1.807) is 6.07 Å². The number of nitrogen functional groups attached to an aromatic ring is 1. The first-order chi connectivity index (χ1) is 10.1. The fourth-order valence-corrected chi connectivity index (χ4v) is 2.67. The molecule has 1 unspecified atom stereocenters. The smallest absolute Gasteiger partial charge is 0.254 e. The van der Waals surface area contributed by atoms with Crippen molar-refractivity contribution in [3.63, 3.8) is 0 Å². The Morgan fingerprint density at radius 3 is 3.05 bits per heavy atom. The van der Waals surface area contributed by atoms with Crippen LogP contribution in [0.15, 0.2) is 18.2 Å². The maximum Gasteiger partial charge on any atom is 0.254 e. The number of rotatable bonds is 2. The lowest BCUT2D eigenvalue weighted by Gasteiger charge is -2.12. The third kappa shape index (κ3) is 2.42. The molecule has 21 heavy (non-hydrogen) atoms. The number of nitrogens with zero attached hydrogens (tertiary/aromatic N) is 1. The van der Waals surface area contributed by atoms with Crippen LogP contribution in [0.4, 0.5) is 10.2 Å². The van der Waals surface area contributed by atoms with Crippen LogP contribution in [-0.4, -0.2) is 22.7 Å². The molecule has 0 spiro atoms. The molecule has 7 heteroatoms. The van der Waals surface area contributed by atoms with Crippen molar-refractivity contribution in [2.45, 2.75) is 18.8 Å². The van der Waals surface area contributed by atoms with Crippen molar-refractivity contribution in [3.05, 3.63) is 40.8 Å². The molecule has 0 bridgehead atoms. The summed E-state index contributed by atoms with van der Waals surface area (Å²) < 4.78 is 18.8. The molecule has 1 amide bonds. The standard InChI is InChI=1S/C14H15FN4O2/c15-9-2-1-7-5-8(3-4-21-10(7)6-9)12-11(14(17)20)13(16)19-18-12/h1-2,6,8H,3-5H2,(H2,17,20)(H3,16,18,19). The maximum absolute atomic E-state index is 13.2. The summed E-state index contributed by atoms with van der Waals surface area (Å²) in [5, 5.41) is 6.71. The van der Waals surface area contributed by atoms with Crippen LogP contribution in [0.1, 0.15) is 34.0 Å². The number of aromatic nitrogens is 2. The molecule has 1 aliphatic heterocycles. The summed E-state index contributed by atoms with van der Waals surface area (Å²) in [6, 6.07) is 4.44. The minimum atomic E-state index is -0.610. The first-order valence-electron chi connectivity index (χ1n) is 6.61. The highest BCUT2D eigenvalue weighted by Crippen LogP contribution is 2.34. The topological polar surface area (TPSA) is 107 Å². The van der Waals surface area contributed by atoms with Gasteiger partial charge in [-0.1, -0.05) is 6.07 Å². The Kier molecular flexibility index (Phi) is 3.25. The van der Waals surface area contributed by atoms with Gasteiger partial charge in [-0.25, -0.2) is 4.39 Å². The quantitative estimate of drug-likeness (QED) is 0.775. The van der Waals surface area contributed by atoms with Crippen molar-refractivity contribution < 1.29 is 13.9 Å². The number of fused-ring (bicyclic) bond motifs is 1. The molecule has 1 atom stereocenters. The predicted molar refractivity (Wildman–Crippen MR) is 74.5 cm³/mol. The summed E-state index contributed by atoms with van der Waals surface area (Å²) in [6.07, 6.45) is 1.22. The van der Waals surface area contributed by atoms with Crippen LogP contribution in [0.5, 0.6) is 5.75 Å². The molecule has 0 saturated carbocycles. The second-order valence-electron chi connectivity index (χ2n) is 5.05. The molecule has 5 N–H and O–H groups in total. The van der Waals surface area contributed by atoms with E-state index < -0.39 is 5.91 Å². The molecular formula is C14H15FN4O2. The Labute approximate surface area is 120 Å². The number of anilines is 1. The van der Waals surface area contributed by atoms with Crippen molar-refractivity contribution in [3.8, 4) is 5.75 Å². The summed E-state index contributed by atoms with van der Waals surface area (Å²) in [6.45, 7) is 0.409. The van der Waals surface area contributed by atoms with Gasteiger partial charge in [0.2, 0.25) is 0 Å². The summed E-state index contributed by atoms with van der Waals surface area (Å²) in [5.41, 5.74) is 12.7. The molecule has 1 aromatic heterocycles. The third-order valence-corrected chi connectivity index (χ3v) is 3.67. The van der Waals surface area contributed by atoms with Gasteiger partial charge in [0.1, 0.15) is 22.9 Å². The van der Waals surface area contributed by atoms with Gasteiger partial charge in [0.05, 0.1) is 12.3 Å². The van der Waals surface area contributed by atoms with Gasteiger partial charge < -0.3 is 16.2 Å². The van der Waals surface area contributed by atoms with E-state index in [-0.39, 0.29) is 23.1 Å². The lowest BCUT2D eigenvalue weighted by atomic mass is 9.91. The Hall–Kier alpha value is -2.57. The fraction of sp³-hybridized carbons (Fsp3) is 0.286. The van der Waals surface area contributed by atoms with Gasteiger partial charge in [0.15, 0.2) is 0 Å². The number of hydrogen-bond acceptors (Lipinski definition) is 4. The van der Waals surface area contributed by atoms with Crippen LogP contribution >= 0.6 is 0 Å². The molecule has 2 heterocycles. The minimum Gasteiger partial charge on any atom is -0.493 e. The minimum absolute atomic E-state index is 0.0623. The number of amides is 1. The summed E-state index contributed by atoms with van der Waals surface area (Å²) in [7, 11) is 0. The third-order valence-electron chi connectivity index (χ3n) is 3.67. The molecular weight excluding hydrogens is 275 g/mol. The van der Waals surface area contributed by atoms with E-state index in [1.165, 1.54) is 12.1 Å². The molecule has 2 aromatic rings. The summed E-state index contributed by atoms with van der Waals surface area (Å²) >= 11 is 0. The molecule has 110 valence electrons. The van der Waals surface area contributed by atoms with Crippen molar-refractivity contribution in [2.75, 3.05) is 12.3 Å². The average Bonchev–Trinajstić information content (AvgIpc) is 2.69. The zero-order chi connectivity index (χ0) is 15.0. The molecule has 0 radical (unpaired) electrons. The maximum atomic E-state index is 13.2. The van der Waals surface area contributed by atoms with Crippen LogP contribution in [-0.2, 0) is 6.42 Å². The summed E-state index contributed by atoms with van der Waals surface area (Å²) in [4.78, 5) is 11.5. The number of primary amides is 1. The van der Waals surface area contributed by atoms with Crippen LogP contribution in [0.3, 0.4) is 0 Å². The van der Waals surface area contributed by atoms with Gasteiger partial charge in [-0.15, -0.1) is 0 Å². The van der Waals surface area contributed by atoms with E-state index in [1.807, 2.05) is 0 Å². The summed E-state index contributed by atoms with van der Waals surface area (Å²) in [5.74, 6) is -0.314. The Balaban J connectivity index is 1.97. The molecule has 0 fully saturated rings. The molecule has 0 saturated heterocycles. The second kappa shape index (κ2) is 5.08. The average molecular weight is 290 g/mol. The van der Waals surface area contributed by atoms with Crippen LogP contribution in [0.25, 0.3) is 0 Å². The van der Waals surface area contributed by atoms with Crippen molar-refractivity contribution in [1.82, 2.24) is 10.2 Å². The van der Waals surface area contributed by atoms with E-state index in [0.717, 1.165) is 5.56 Å².